The van der Waals surface area contributed by atoms with E-state index in [0.717, 1.165) is 0 Å². The first-order valence-corrected chi connectivity index (χ1v) is 3.10. The van der Waals surface area contributed by atoms with Crippen molar-refractivity contribution in [3.05, 3.63) is 0 Å². The van der Waals surface area contributed by atoms with Crippen molar-refractivity contribution in [1.82, 2.24) is 0 Å². The van der Waals surface area contributed by atoms with Crippen LogP contribution in [-0.4, -0.2) is 125 Å². The second kappa shape index (κ2) is 42.7. The fraction of sp³-hybridized carbons (Fsp3) is 0. The average Bonchev–Trinajstić information content (AvgIpc) is 1.76. The van der Waals surface area contributed by atoms with Gasteiger partial charge in [-0.25, -0.2) is 0 Å². The third-order valence-corrected chi connectivity index (χ3v) is 0. The zero-order valence-corrected chi connectivity index (χ0v) is 9.18. The van der Waals surface area contributed by atoms with Gasteiger partial charge >= 0.3 is 48.1 Å². The topological polar surface area (TPSA) is 337 Å². The van der Waals surface area contributed by atoms with Crippen molar-refractivity contribution >= 4 is 48.1 Å². The molecule has 0 spiro atoms. The summed E-state index contributed by atoms with van der Waals surface area (Å²) in [4.78, 5) is 0. The number of hydrogen-bond donors (Lipinski definition) is 12. The van der Waals surface area contributed by atoms with Crippen molar-refractivity contribution < 1.29 is 76.7 Å². The summed E-state index contributed by atoms with van der Waals surface area (Å²) in [5, 5.41) is 86.0. The summed E-state index contributed by atoms with van der Waals surface area (Å²) < 4.78 is 0. The minimum atomic E-state index is -2.17. The zero-order chi connectivity index (χ0) is 14.3. The zero-order valence-electron chi connectivity index (χ0n) is 9.18. The molecule has 0 aliphatic carbocycles. The van der Waals surface area contributed by atoms with Crippen molar-refractivity contribution in [3.63, 3.8) is 0 Å². The molecule has 20 heavy (non-hydrogen) atoms. The van der Waals surface area contributed by atoms with E-state index in [1.54, 1.807) is 0 Å². The first-order valence-electron chi connectivity index (χ1n) is 3.10. The molecule has 18 N–H and O–H groups in total. The molecule has 0 amide bonds. The van der Waals surface area contributed by atoms with E-state index >= 15 is 0 Å². The van der Waals surface area contributed by atoms with Gasteiger partial charge in [0.25, 0.3) is 0 Å². The van der Waals surface area contributed by atoms with Gasteiger partial charge in [-0.15, -0.1) is 0 Å². The molecular formula is H19B4LiO15. The summed E-state index contributed by atoms with van der Waals surface area (Å²) in [6, 6.07) is 0. The van der Waals surface area contributed by atoms with Crippen LogP contribution < -0.4 is 0 Å². The standard InChI is InChI=1S/4BH3O3.Li.3H2O.H/c4*2-1(3)4;;;;;/h4*2-4H;;3*1H2;. The monoisotopic (exact) mass is 310 g/mol. The van der Waals surface area contributed by atoms with Gasteiger partial charge in [0.2, 0.25) is 0 Å². The molecular weight excluding hydrogens is 290 g/mol. The molecule has 0 unspecified atom stereocenters. The molecule has 0 radical (unpaired) electrons. The molecule has 0 aliphatic heterocycles. The van der Waals surface area contributed by atoms with E-state index in [1.807, 2.05) is 0 Å². The van der Waals surface area contributed by atoms with E-state index in [4.69, 9.17) is 60.3 Å². The molecule has 0 saturated heterocycles. The Bertz CT molecular complexity index is 62.9. The molecule has 0 aromatic heterocycles. The van der Waals surface area contributed by atoms with Gasteiger partial charge in [-0.2, -0.15) is 0 Å². The van der Waals surface area contributed by atoms with Crippen LogP contribution in [0.25, 0.3) is 0 Å². The quantitative estimate of drug-likeness (QED) is 0.185. The van der Waals surface area contributed by atoms with Crippen LogP contribution in [0, 0.1) is 0 Å². The third kappa shape index (κ3) is 82200. The van der Waals surface area contributed by atoms with E-state index < -0.39 is 29.3 Å². The molecule has 0 rings (SSSR count). The second-order valence-corrected chi connectivity index (χ2v) is 1.39. The predicted octanol–water partition coefficient (Wildman–Crippen LogP) is -11.3. The van der Waals surface area contributed by atoms with Crippen molar-refractivity contribution in [3.8, 4) is 0 Å². The van der Waals surface area contributed by atoms with E-state index in [0.29, 0.717) is 0 Å². The van der Waals surface area contributed by atoms with Gasteiger partial charge in [0.1, 0.15) is 0 Å². The fourth-order valence-electron chi connectivity index (χ4n) is 0. The van der Waals surface area contributed by atoms with Crippen LogP contribution in [0.3, 0.4) is 0 Å². The summed E-state index contributed by atoms with van der Waals surface area (Å²) in [5.41, 5.74) is 0. The van der Waals surface area contributed by atoms with Gasteiger partial charge in [-0.05, 0) is 0 Å². The Hall–Kier alpha value is 0.257. The van der Waals surface area contributed by atoms with Crippen LogP contribution in [0.15, 0.2) is 0 Å². The fourth-order valence-corrected chi connectivity index (χ4v) is 0. The minimum absolute atomic E-state index is 0. The maximum atomic E-state index is 7.17. The van der Waals surface area contributed by atoms with E-state index in [9.17, 15) is 0 Å². The molecule has 0 aromatic rings. The Morgan fingerprint density at radius 3 is 0.300 bits per heavy atom. The molecule has 0 fully saturated rings. The molecule has 20 heteroatoms. The van der Waals surface area contributed by atoms with Crippen molar-refractivity contribution in [1.29, 1.82) is 0 Å². The van der Waals surface area contributed by atoms with Crippen LogP contribution in [-0.2, 0) is 0 Å². The van der Waals surface area contributed by atoms with Gasteiger partial charge in [-0.3, -0.25) is 0 Å². The third-order valence-electron chi connectivity index (χ3n) is 0. The van der Waals surface area contributed by atoms with Crippen molar-refractivity contribution in [2.24, 2.45) is 0 Å². The normalized spacial score (nSPS) is 5.40. The van der Waals surface area contributed by atoms with E-state index in [1.165, 1.54) is 0 Å². The van der Waals surface area contributed by atoms with Crippen LogP contribution in [0.5, 0.6) is 0 Å². The van der Waals surface area contributed by atoms with Gasteiger partial charge < -0.3 is 76.7 Å². The SMILES string of the molecule is O.O.O.OB(O)O.OB(O)O.OB(O)O.OB(O)O.[LiH]. The maximum absolute atomic E-state index is 7.17. The van der Waals surface area contributed by atoms with Crippen LogP contribution in [0.2, 0.25) is 0 Å². The van der Waals surface area contributed by atoms with Gasteiger partial charge in [0.15, 0.2) is 0 Å². The summed E-state index contributed by atoms with van der Waals surface area (Å²) in [5.74, 6) is 0. The summed E-state index contributed by atoms with van der Waals surface area (Å²) in [7, 11) is -8.67. The Balaban J connectivity index is -0.0000000150. The average molecular weight is 309 g/mol. The van der Waals surface area contributed by atoms with Crippen molar-refractivity contribution in [2.45, 2.75) is 0 Å². The van der Waals surface area contributed by atoms with E-state index in [-0.39, 0.29) is 35.3 Å². The van der Waals surface area contributed by atoms with Crippen molar-refractivity contribution in [2.75, 3.05) is 0 Å². The molecule has 0 atom stereocenters. The van der Waals surface area contributed by atoms with Crippen LogP contribution in [0.4, 0.5) is 0 Å². The number of rotatable bonds is 0. The Morgan fingerprint density at radius 1 is 0.300 bits per heavy atom. The summed E-state index contributed by atoms with van der Waals surface area (Å²) in [6.45, 7) is 0. The van der Waals surface area contributed by atoms with Gasteiger partial charge in [-0.1, -0.05) is 0 Å². The van der Waals surface area contributed by atoms with Crippen LogP contribution >= 0.6 is 0 Å². The Labute approximate surface area is 125 Å². The molecule has 0 heterocycles. The molecule has 0 saturated carbocycles. The first-order chi connectivity index (χ1) is 6.93. The Morgan fingerprint density at radius 2 is 0.300 bits per heavy atom. The van der Waals surface area contributed by atoms with Crippen LogP contribution in [0.1, 0.15) is 0 Å². The Kier molecular flexibility index (Phi) is 107. The summed E-state index contributed by atoms with van der Waals surface area (Å²) >= 11 is 0. The first kappa shape index (κ1) is 50.0. The predicted molar refractivity (Wildman–Crippen MR) is 67.6 cm³/mol. The summed E-state index contributed by atoms with van der Waals surface area (Å²) in [6.07, 6.45) is 0. The molecule has 122 valence electrons. The number of hydrogen-bond acceptors (Lipinski definition) is 12. The molecule has 0 bridgehead atoms. The molecule has 0 aromatic carbocycles. The molecule has 0 aliphatic rings. The van der Waals surface area contributed by atoms with Gasteiger partial charge in [0.05, 0.1) is 0 Å². The van der Waals surface area contributed by atoms with Gasteiger partial charge in [0, 0.05) is 0 Å². The molecule has 15 nitrogen and oxygen atoms in total. The second-order valence-electron chi connectivity index (χ2n) is 1.39. The van der Waals surface area contributed by atoms with E-state index in [2.05, 4.69) is 0 Å².